The molecule has 0 bridgehead atoms. The normalized spacial score (nSPS) is 21.3. The molecule has 2 atom stereocenters. The number of aliphatic hydroxyl groups is 1. The Morgan fingerprint density at radius 1 is 1.63 bits per heavy atom. The average molecular weight is 284 g/mol. The lowest BCUT2D eigenvalue weighted by Crippen LogP contribution is -2.42. The van der Waals surface area contributed by atoms with Crippen LogP contribution in [-0.4, -0.2) is 56.0 Å². The molecular weight excluding hydrogens is 260 g/mol. The number of hydrogen-bond donors (Lipinski definition) is 2. The molecule has 1 aliphatic heterocycles. The Kier molecular flexibility index (Phi) is 5.78. The predicted molar refractivity (Wildman–Crippen MR) is 78.8 cm³/mol. The molecule has 19 heavy (non-hydrogen) atoms. The van der Waals surface area contributed by atoms with Crippen LogP contribution < -0.4 is 5.32 Å². The van der Waals surface area contributed by atoms with Crippen molar-refractivity contribution in [3.63, 3.8) is 0 Å². The van der Waals surface area contributed by atoms with E-state index in [2.05, 4.69) is 28.6 Å². The van der Waals surface area contributed by atoms with Crippen molar-refractivity contribution in [2.45, 2.75) is 25.5 Å². The van der Waals surface area contributed by atoms with Crippen molar-refractivity contribution >= 4 is 11.3 Å². The van der Waals surface area contributed by atoms with Gasteiger partial charge in [0.15, 0.2) is 0 Å². The van der Waals surface area contributed by atoms with Crippen molar-refractivity contribution in [3.8, 4) is 0 Å². The van der Waals surface area contributed by atoms with Crippen LogP contribution in [0.2, 0.25) is 0 Å². The minimum Gasteiger partial charge on any atom is -0.390 e. The zero-order valence-corrected chi connectivity index (χ0v) is 12.6. The highest BCUT2D eigenvalue weighted by molar-refractivity contribution is 7.10. The molecular formula is C14H24N2O2S. The maximum absolute atomic E-state index is 10.1. The van der Waals surface area contributed by atoms with E-state index in [1.807, 2.05) is 11.3 Å². The maximum atomic E-state index is 10.1. The third-order valence-electron chi connectivity index (χ3n) is 3.71. The largest absolute Gasteiger partial charge is 0.390 e. The number of hydrogen-bond acceptors (Lipinski definition) is 5. The third-order valence-corrected chi connectivity index (χ3v) is 4.71. The lowest BCUT2D eigenvalue weighted by molar-refractivity contribution is 0.0848. The average Bonchev–Trinajstić information content (AvgIpc) is 2.87. The van der Waals surface area contributed by atoms with Gasteiger partial charge in [-0.05, 0) is 30.4 Å². The number of methoxy groups -OCH3 is 1. The van der Waals surface area contributed by atoms with E-state index < -0.39 is 0 Å². The minimum absolute atomic E-state index is 0.320. The first-order valence-corrected chi connectivity index (χ1v) is 7.78. The molecule has 0 aromatic carbocycles. The van der Waals surface area contributed by atoms with Crippen LogP contribution in [0.5, 0.6) is 0 Å². The number of ether oxygens (including phenoxy) is 1. The highest BCUT2D eigenvalue weighted by Gasteiger charge is 2.25. The highest BCUT2D eigenvalue weighted by atomic mass is 32.1. The van der Waals surface area contributed by atoms with Gasteiger partial charge in [0.1, 0.15) is 0 Å². The Labute approximate surface area is 119 Å². The SMILES string of the molecule is COCCNCC(O)CN1CCc2sccc2C1C. The van der Waals surface area contributed by atoms with Crippen LogP contribution in [0.3, 0.4) is 0 Å². The van der Waals surface area contributed by atoms with Gasteiger partial charge in [-0.3, -0.25) is 4.90 Å². The van der Waals surface area contributed by atoms with E-state index in [1.54, 1.807) is 7.11 Å². The first-order valence-electron chi connectivity index (χ1n) is 6.90. The van der Waals surface area contributed by atoms with E-state index in [0.29, 0.717) is 19.2 Å². The molecule has 2 heterocycles. The molecule has 0 fully saturated rings. The van der Waals surface area contributed by atoms with Gasteiger partial charge in [-0.25, -0.2) is 0 Å². The Morgan fingerprint density at radius 3 is 3.26 bits per heavy atom. The second-order valence-corrected chi connectivity index (χ2v) is 6.07. The standard InChI is InChI=1S/C14H24N2O2S/c1-11-13-4-8-19-14(13)3-6-16(11)10-12(17)9-15-5-7-18-2/h4,8,11-12,15,17H,3,5-7,9-10H2,1-2H3. The minimum atomic E-state index is -0.320. The molecule has 2 N–H and O–H groups in total. The molecule has 0 aliphatic carbocycles. The number of thiophene rings is 1. The van der Waals surface area contributed by atoms with Crippen LogP contribution in [0.25, 0.3) is 0 Å². The number of fused-ring (bicyclic) bond motifs is 1. The number of nitrogens with one attached hydrogen (secondary N) is 1. The first-order chi connectivity index (χ1) is 9.22. The van der Waals surface area contributed by atoms with Gasteiger partial charge in [0.25, 0.3) is 0 Å². The van der Waals surface area contributed by atoms with Gasteiger partial charge < -0.3 is 15.2 Å². The molecule has 0 spiro atoms. The summed E-state index contributed by atoms with van der Waals surface area (Å²) in [5, 5.41) is 15.5. The summed E-state index contributed by atoms with van der Waals surface area (Å²) in [6.07, 6.45) is 0.792. The fourth-order valence-electron chi connectivity index (χ4n) is 2.59. The summed E-state index contributed by atoms with van der Waals surface area (Å²) >= 11 is 1.85. The maximum Gasteiger partial charge on any atom is 0.0791 e. The van der Waals surface area contributed by atoms with Crippen molar-refractivity contribution in [2.75, 3.05) is 39.9 Å². The Balaban J connectivity index is 1.77. The van der Waals surface area contributed by atoms with Crippen LogP contribution >= 0.6 is 11.3 Å². The van der Waals surface area contributed by atoms with Crippen LogP contribution in [0.1, 0.15) is 23.4 Å². The molecule has 5 heteroatoms. The van der Waals surface area contributed by atoms with E-state index in [-0.39, 0.29) is 6.10 Å². The zero-order valence-electron chi connectivity index (χ0n) is 11.8. The van der Waals surface area contributed by atoms with Gasteiger partial charge in [0.2, 0.25) is 0 Å². The number of rotatable bonds is 7. The van der Waals surface area contributed by atoms with Crippen LogP contribution in [0, 0.1) is 0 Å². The number of nitrogens with zero attached hydrogens (tertiary/aromatic N) is 1. The van der Waals surface area contributed by atoms with Gasteiger partial charge in [-0.1, -0.05) is 0 Å². The summed E-state index contributed by atoms with van der Waals surface area (Å²) in [6, 6.07) is 2.64. The van der Waals surface area contributed by atoms with Crippen molar-refractivity contribution < 1.29 is 9.84 Å². The molecule has 1 aromatic heterocycles. The second-order valence-electron chi connectivity index (χ2n) is 5.07. The van der Waals surface area contributed by atoms with Gasteiger partial charge in [-0.15, -0.1) is 11.3 Å². The lowest BCUT2D eigenvalue weighted by Gasteiger charge is -2.35. The molecule has 1 aromatic rings. The van der Waals surface area contributed by atoms with E-state index in [0.717, 1.165) is 26.1 Å². The van der Waals surface area contributed by atoms with Crippen molar-refractivity contribution in [1.82, 2.24) is 10.2 Å². The molecule has 2 unspecified atom stereocenters. The smallest absolute Gasteiger partial charge is 0.0791 e. The Bertz CT molecular complexity index is 383. The summed E-state index contributed by atoms with van der Waals surface area (Å²) in [6.45, 7) is 6.11. The van der Waals surface area contributed by atoms with E-state index >= 15 is 0 Å². The van der Waals surface area contributed by atoms with Crippen LogP contribution in [-0.2, 0) is 11.2 Å². The van der Waals surface area contributed by atoms with E-state index in [9.17, 15) is 5.11 Å². The lowest BCUT2D eigenvalue weighted by atomic mass is 10.0. The molecule has 0 saturated heterocycles. The quantitative estimate of drug-likeness (QED) is 0.740. The fourth-order valence-corrected chi connectivity index (χ4v) is 3.55. The Hall–Kier alpha value is -0.460. The van der Waals surface area contributed by atoms with E-state index in [1.165, 1.54) is 10.4 Å². The first kappa shape index (κ1) is 14.9. The van der Waals surface area contributed by atoms with Crippen LogP contribution in [0.15, 0.2) is 11.4 Å². The predicted octanol–water partition coefficient (Wildman–Crippen LogP) is 1.26. The van der Waals surface area contributed by atoms with Crippen molar-refractivity contribution in [1.29, 1.82) is 0 Å². The molecule has 0 saturated carbocycles. The molecule has 108 valence electrons. The topological polar surface area (TPSA) is 44.7 Å². The summed E-state index contributed by atoms with van der Waals surface area (Å²) in [4.78, 5) is 3.88. The summed E-state index contributed by atoms with van der Waals surface area (Å²) < 4.78 is 4.97. The van der Waals surface area contributed by atoms with Gasteiger partial charge in [0, 0.05) is 44.2 Å². The van der Waals surface area contributed by atoms with Crippen LogP contribution in [0.4, 0.5) is 0 Å². The summed E-state index contributed by atoms with van der Waals surface area (Å²) in [5.41, 5.74) is 1.44. The second kappa shape index (κ2) is 7.36. The molecule has 0 radical (unpaired) electrons. The van der Waals surface area contributed by atoms with Gasteiger partial charge >= 0.3 is 0 Å². The van der Waals surface area contributed by atoms with Gasteiger partial charge in [0.05, 0.1) is 12.7 Å². The zero-order chi connectivity index (χ0) is 13.7. The van der Waals surface area contributed by atoms with E-state index in [4.69, 9.17) is 4.74 Å². The molecule has 1 aliphatic rings. The summed E-state index contributed by atoms with van der Waals surface area (Å²) in [5.74, 6) is 0. The molecule has 4 nitrogen and oxygen atoms in total. The van der Waals surface area contributed by atoms with Crippen molar-refractivity contribution in [3.05, 3.63) is 21.9 Å². The molecule has 2 rings (SSSR count). The Morgan fingerprint density at radius 2 is 2.47 bits per heavy atom. The number of β-amino-alcohol motifs (C(OH)–C–C–N with tert-alkyl or cyclic N) is 1. The fraction of sp³-hybridized carbons (Fsp3) is 0.714. The van der Waals surface area contributed by atoms with Gasteiger partial charge in [-0.2, -0.15) is 0 Å². The highest BCUT2D eigenvalue weighted by Crippen LogP contribution is 2.32. The number of aliphatic hydroxyl groups excluding tert-OH is 1. The molecule has 0 amide bonds. The summed E-state index contributed by atoms with van der Waals surface area (Å²) in [7, 11) is 1.69. The van der Waals surface area contributed by atoms with Crippen molar-refractivity contribution in [2.24, 2.45) is 0 Å². The third kappa shape index (κ3) is 4.00. The monoisotopic (exact) mass is 284 g/mol.